The molecule has 0 unspecified atom stereocenters. The van der Waals surface area contributed by atoms with Gasteiger partial charge in [-0.2, -0.15) is 5.10 Å². The van der Waals surface area contributed by atoms with Crippen molar-refractivity contribution in [1.29, 1.82) is 0 Å². The summed E-state index contributed by atoms with van der Waals surface area (Å²) < 4.78 is 7.36. The molecule has 2 aliphatic heterocycles. The summed E-state index contributed by atoms with van der Waals surface area (Å²) in [5.41, 5.74) is 2.73. The predicted octanol–water partition coefficient (Wildman–Crippen LogP) is 1.98. The minimum atomic E-state index is -0.940. The number of piperidine rings is 1. The quantitative estimate of drug-likeness (QED) is 0.907. The smallest absolute Gasteiger partial charge is 0.339 e. The van der Waals surface area contributed by atoms with Crippen LogP contribution in [0.3, 0.4) is 0 Å². The monoisotopic (exact) mass is 330 g/mol. The van der Waals surface area contributed by atoms with E-state index in [2.05, 4.69) is 15.0 Å². The number of aryl methyl sites for hydroxylation is 2. The molecule has 2 saturated heterocycles. The molecule has 0 bridgehead atoms. The Hall–Kier alpha value is -2.15. The number of nitrogens with zero attached hydrogens (tertiary/aromatic N) is 4. The number of aromatic carboxylic acids is 1. The zero-order valence-electron chi connectivity index (χ0n) is 14.1. The predicted molar refractivity (Wildman–Crippen MR) is 89.5 cm³/mol. The first-order chi connectivity index (χ1) is 11.5. The maximum absolute atomic E-state index is 11.8. The highest BCUT2D eigenvalue weighted by Crippen LogP contribution is 2.42. The van der Waals surface area contributed by atoms with Crippen LogP contribution < -0.4 is 4.90 Å². The highest BCUT2D eigenvalue weighted by Gasteiger charge is 2.40. The summed E-state index contributed by atoms with van der Waals surface area (Å²) in [6.07, 6.45) is 4.71. The molecule has 0 aromatic carbocycles. The summed E-state index contributed by atoms with van der Waals surface area (Å²) in [5, 5.41) is 15.0. The van der Waals surface area contributed by atoms with Gasteiger partial charge < -0.3 is 14.7 Å². The first-order valence-electron chi connectivity index (χ1n) is 8.39. The number of hydrogen-bond acceptors (Lipinski definition) is 5. The molecule has 7 heteroatoms. The molecule has 2 aromatic rings. The Kier molecular flexibility index (Phi) is 3.49. The maximum atomic E-state index is 11.8. The number of carboxylic acid groups (broad SMARTS) is 1. The minimum Gasteiger partial charge on any atom is -0.478 e. The molecule has 0 saturated carbocycles. The number of ether oxygens (including phenoxy) is 1. The Morgan fingerprint density at radius 1 is 1.42 bits per heavy atom. The number of aromatic nitrogens is 3. The van der Waals surface area contributed by atoms with E-state index in [1.54, 1.807) is 4.68 Å². The van der Waals surface area contributed by atoms with Crippen molar-refractivity contribution in [2.45, 2.75) is 26.2 Å². The van der Waals surface area contributed by atoms with Crippen molar-refractivity contribution < 1.29 is 14.6 Å². The van der Waals surface area contributed by atoms with Crippen molar-refractivity contribution in [2.75, 3.05) is 31.2 Å². The van der Waals surface area contributed by atoms with E-state index in [-0.39, 0.29) is 11.0 Å². The minimum absolute atomic E-state index is 0.153. The second-order valence-corrected chi connectivity index (χ2v) is 7.06. The van der Waals surface area contributed by atoms with Crippen LogP contribution in [0, 0.1) is 12.3 Å². The third-order valence-corrected chi connectivity index (χ3v) is 5.39. The SMILES string of the molecule is Cc1nn(C)c2ncc(C(=O)O)c(N3CCC[C@]4(CCOC4)C3)c12. The molecule has 0 radical (unpaired) electrons. The lowest BCUT2D eigenvalue weighted by atomic mass is 9.79. The summed E-state index contributed by atoms with van der Waals surface area (Å²) in [7, 11) is 1.84. The summed E-state index contributed by atoms with van der Waals surface area (Å²) in [4.78, 5) is 18.4. The maximum Gasteiger partial charge on any atom is 0.339 e. The lowest BCUT2D eigenvalue weighted by molar-refractivity contribution is 0.0697. The molecule has 1 spiro atoms. The third kappa shape index (κ3) is 2.26. The van der Waals surface area contributed by atoms with Gasteiger partial charge in [-0.05, 0) is 26.2 Å². The van der Waals surface area contributed by atoms with Crippen LogP contribution in [-0.2, 0) is 11.8 Å². The lowest BCUT2D eigenvalue weighted by Crippen LogP contribution is -2.44. The van der Waals surface area contributed by atoms with Crippen molar-refractivity contribution in [3.63, 3.8) is 0 Å². The van der Waals surface area contributed by atoms with Crippen LogP contribution in [0.1, 0.15) is 35.3 Å². The molecule has 0 amide bonds. The largest absolute Gasteiger partial charge is 0.478 e. The number of hydrogen-bond donors (Lipinski definition) is 1. The Labute approximate surface area is 140 Å². The number of fused-ring (bicyclic) bond motifs is 1. The summed E-state index contributed by atoms with van der Waals surface area (Å²) >= 11 is 0. The molecule has 2 aliphatic rings. The van der Waals surface area contributed by atoms with Crippen LogP contribution in [0.5, 0.6) is 0 Å². The normalized spacial score (nSPS) is 24.2. The van der Waals surface area contributed by atoms with E-state index in [0.29, 0.717) is 0 Å². The molecule has 24 heavy (non-hydrogen) atoms. The zero-order chi connectivity index (χ0) is 16.9. The van der Waals surface area contributed by atoms with Crippen molar-refractivity contribution in [3.8, 4) is 0 Å². The Balaban J connectivity index is 1.87. The van der Waals surface area contributed by atoms with Crippen molar-refractivity contribution in [2.24, 2.45) is 12.5 Å². The first kappa shape index (κ1) is 15.4. The zero-order valence-corrected chi connectivity index (χ0v) is 14.1. The third-order valence-electron chi connectivity index (χ3n) is 5.39. The number of carbonyl (C=O) groups is 1. The van der Waals surface area contributed by atoms with Gasteiger partial charge in [0.2, 0.25) is 0 Å². The van der Waals surface area contributed by atoms with Gasteiger partial charge in [-0.15, -0.1) is 0 Å². The van der Waals surface area contributed by atoms with Crippen LogP contribution in [0.4, 0.5) is 5.69 Å². The molecule has 4 rings (SSSR count). The summed E-state index contributed by atoms with van der Waals surface area (Å²) in [5.74, 6) is -0.940. The van der Waals surface area contributed by atoms with E-state index in [4.69, 9.17) is 4.74 Å². The average Bonchev–Trinajstić information content (AvgIpc) is 3.11. The molecule has 4 heterocycles. The van der Waals surface area contributed by atoms with Gasteiger partial charge in [0.05, 0.1) is 23.4 Å². The second kappa shape index (κ2) is 5.44. The van der Waals surface area contributed by atoms with Gasteiger partial charge in [0.1, 0.15) is 5.56 Å². The highest BCUT2D eigenvalue weighted by atomic mass is 16.5. The molecule has 7 nitrogen and oxygen atoms in total. The lowest BCUT2D eigenvalue weighted by Gasteiger charge is -2.41. The molecule has 2 aromatic heterocycles. The Morgan fingerprint density at radius 2 is 2.25 bits per heavy atom. The molecule has 128 valence electrons. The molecular weight excluding hydrogens is 308 g/mol. The highest BCUT2D eigenvalue weighted by molar-refractivity contribution is 6.04. The summed E-state index contributed by atoms with van der Waals surface area (Å²) in [6, 6.07) is 0. The van der Waals surface area contributed by atoms with Crippen LogP contribution in [0.25, 0.3) is 11.0 Å². The topological polar surface area (TPSA) is 80.5 Å². The van der Waals surface area contributed by atoms with E-state index < -0.39 is 5.97 Å². The van der Waals surface area contributed by atoms with Gasteiger partial charge in [-0.25, -0.2) is 9.78 Å². The van der Waals surface area contributed by atoms with Gasteiger partial charge >= 0.3 is 5.97 Å². The number of anilines is 1. The molecular formula is C17H22N4O3. The number of rotatable bonds is 2. The van der Waals surface area contributed by atoms with E-state index in [0.717, 1.165) is 68.0 Å². The fourth-order valence-corrected chi connectivity index (χ4v) is 4.25. The Bertz CT molecular complexity index is 808. The van der Waals surface area contributed by atoms with Crippen LogP contribution in [0.2, 0.25) is 0 Å². The number of pyridine rings is 1. The molecule has 0 aliphatic carbocycles. The van der Waals surface area contributed by atoms with Crippen molar-refractivity contribution in [1.82, 2.24) is 14.8 Å². The number of carboxylic acids is 1. The van der Waals surface area contributed by atoms with Gasteiger partial charge in [-0.1, -0.05) is 0 Å². The first-order valence-corrected chi connectivity index (χ1v) is 8.39. The van der Waals surface area contributed by atoms with Gasteiger partial charge in [0.15, 0.2) is 5.65 Å². The van der Waals surface area contributed by atoms with Gasteiger partial charge in [0, 0.05) is 38.4 Å². The second-order valence-electron chi connectivity index (χ2n) is 7.06. The van der Waals surface area contributed by atoms with E-state index in [1.165, 1.54) is 6.20 Å². The van der Waals surface area contributed by atoms with E-state index in [9.17, 15) is 9.90 Å². The van der Waals surface area contributed by atoms with Crippen LogP contribution in [0.15, 0.2) is 6.20 Å². The van der Waals surface area contributed by atoms with Crippen LogP contribution in [-0.4, -0.2) is 52.1 Å². The molecule has 1 N–H and O–H groups in total. The fraction of sp³-hybridized carbons (Fsp3) is 0.588. The molecule has 1 atom stereocenters. The van der Waals surface area contributed by atoms with E-state index >= 15 is 0 Å². The van der Waals surface area contributed by atoms with Gasteiger partial charge in [0.25, 0.3) is 0 Å². The Morgan fingerprint density at radius 3 is 2.96 bits per heavy atom. The molecule has 2 fully saturated rings. The van der Waals surface area contributed by atoms with Gasteiger partial charge in [-0.3, -0.25) is 4.68 Å². The van der Waals surface area contributed by atoms with Crippen molar-refractivity contribution in [3.05, 3.63) is 17.5 Å². The summed E-state index contributed by atoms with van der Waals surface area (Å²) in [6.45, 7) is 5.18. The standard InChI is InChI=1S/C17H22N4O3/c1-11-13-14(12(16(22)23)8-18-15(13)20(2)19-11)21-6-3-4-17(9-21)5-7-24-10-17/h8H,3-7,9-10H2,1-2H3,(H,22,23)/t17-/m0/s1. The van der Waals surface area contributed by atoms with E-state index in [1.807, 2.05) is 14.0 Å². The fourth-order valence-electron chi connectivity index (χ4n) is 4.25. The van der Waals surface area contributed by atoms with Crippen LogP contribution >= 0.6 is 0 Å². The average molecular weight is 330 g/mol. The van der Waals surface area contributed by atoms with Crippen molar-refractivity contribution >= 4 is 22.7 Å².